The molecule has 0 aliphatic carbocycles. The van der Waals surface area contributed by atoms with Crippen LogP contribution in [-0.2, 0) is 9.59 Å². The fourth-order valence-electron chi connectivity index (χ4n) is 2.14. The van der Waals surface area contributed by atoms with Crippen LogP contribution < -0.4 is 5.32 Å². The Kier molecular flexibility index (Phi) is 8.39. The number of hydrogen-bond acceptors (Lipinski definition) is 3. The normalized spacial score (nSPS) is 11.6. The summed E-state index contributed by atoms with van der Waals surface area (Å²) in [4.78, 5) is 25.4. The highest BCUT2D eigenvalue weighted by Gasteiger charge is 2.36. The van der Waals surface area contributed by atoms with Gasteiger partial charge in [-0.25, -0.2) is 0 Å². The third-order valence-corrected chi connectivity index (χ3v) is 3.95. The van der Waals surface area contributed by atoms with Gasteiger partial charge in [0, 0.05) is 19.5 Å². The number of likely N-dealkylation sites (N-methyl/N-ethyl adjacent to an activating group) is 1. The smallest absolute Gasteiger partial charge is 0.310 e. The van der Waals surface area contributed by atoms with E-state index in [1.54, 1.807) is 0 Å². The summed E-state index contributed by atoms with van der Waals surface area (Å²) in [6, 6.07) is 0. The highest BCUT2D eigenvalue weighted by Crippen LogP contribution is 2.30. The van der Waals surface area contributed by atoms with E-state index in [-0.39, 0.29) is 12.3 Å². The van der Waals surface area contributed by atoms with Crippen LogP contribution in [0.4, 0.5) is 0 Å². The Balaban J connectivity index is 4.25. The highest BCUT2D eigenvalue weighted by molar-refractivity contribution is 5.84. The summed E-state index contributed by atoms with van der Waals surface area (Å²) in [5.74, 6) is -1.05. The fourth-order valence-corrected chi connectivity index (χ4v) is 2.14. The second kappa shape index (κ2) is 8.91. The molecule has 0 bridgehead atoms. The monoisotopic (exact) mass is 272 g/mol. The van der Waals surface area contributed by atoms with Crippen LogP contribution >= 0.6 is 0 Å². The average Bonchev–Trinajstić information content (AvgIpc) is 2.40. The van der Waals surface area contributed by atoms with Crippen LogP contribution in [0.1, 0.15) is 47.0 Å². The molecule has 0 aromatic carbocycles. The SMILES string of the molecule is CCN(CC)CCNC(=O)CC(CC)(CC)C(=O)O. The van der Waals surface area contributed by atoms with Crippen LogP contribution in [0.25, 0.3) is 0 Å². The van der Waals surface area contributed by atoms with E-state index >= 15 is 0 Å². The summed E-state index contributed by atoms with van der Waals surface area (Å²) in [5.41, 5.74) is -0.917. The standard InChI is InChI=1S/C14H28N2O3/c1-5-14(6-2,13(18)19)11-12(17)15-9-10-16(7-3)8-4/h5-11H2,1-4H3,(H,15,17)(H,18,19). The lowest BCUT2D eigenvalue weighted by molar-refractivity contribution is -0.152. The maximum Gasteiger partial charge on any atom is 0.310 e. The number of amides is 1. The third-order valence-electron chi connectivity index (χ3n) is 3.95. The molecule has 0 unspecified atom stereocenters. The number of nitrogens with one attached hydrogen (secondary N) is 1. The van der Waals surface area contributed by atoms with Crippen LogP contribution in [0.5, 0.6) is 0 Å². The van der Waals surface area contributed by atoms with Gasteiger partial charge in [-0.05, 0) is 25.9 Å². The number of carboxylic acid groups (broad SMARTS) is 1. The van der Waals surface area contributed by atoms with Crippen LogP contribution in [0, 0.1) is 5.41 Å². The number of hydrogen-bond donors (Lipinski definition) is 2. The van der Waals surface area contributed by atoms with Crippen LogP contribution in [0.3, 0.4) is 0 Å². The largest absolute Gasteiger partial charge is 0.481 e. The molecule has 5 heteroatoms. The van der Waals surface area contributed by atoms with Crippen LogP contribution in [0.15, 0.2) is 0 Å². The predicted molar refractivity (Wildman–Crippen MR) is 76.1 cm³/mol. The summed E-state index contributed by atoms with van der Waals surface area (Å²) in [6.45, 7) is 11.1. The molecule has 0 saturated heterocycles. The summed E-state index contributed by atoms with van der Waals surface area (Å²) in [6.07, 6.45) is 1.01. The molecular weight excluding hydrogens is 244 g/mol. The number of nitrogens with zero attached hydrogens (tertiary/aromatic N) is 1. The predicted octanol–water partition coefficient (Wildman–Crippen LogP) is 1.73. The minimum atomic E-state index is -0.917. The molecular formula is C14H28N2O3. The molecule has 0 heterocycles. The van der Waals surface area contributed by atoms with Crippen molar-refractivity contribution in [2.75, 3.05) is 26.2 Å². The maximum absolute atomic E-state index is 11.8. The molecule has 112 valence electrons. The molecule has 0 fully saturated rings. The molecule has 0 atom stereocenters. The van der Waals surface area contributed by atoms with E-state index in [0.29, 0.717) is 19.4 Å². The number of rotatable bonds is 10. The van der Waals surface area contributed by atoms with Crippen molar-refractivity contribution in [1.29, 1.82) is 0 Å². The zero-order valence-electron chi connectivity index (χ0n) is 12.7. The quantitative estimate of drug-likeness (QED) is 0.635. The maximum atomic E-state index is 11.8. The van der Waals surface area contributed by atoms with Gasteiger partial charge in [0.25, 0.3) is 0 Å². The Bertz CT molecular complexity index is 284. The van der Waals surface area contributed by atoms with Crippen molar-refractivity contribution in [3.63, 3.8) is 0 Å². The van der Waals surface area contributed by atoms with E-state index < -0.39 is 11.4 Å². The van der Waals surface area contributed by atoms with Crippen LogP contribution in [0.2, 0.25) is 0 Å². The summed E-state index contributed by atoms with van der Waals surface area (Å²) in [5, 5.41) is 12.1. The minimum Gasteiger partial charge on any atom is -0.481 e. The lowest BCUT2D eigenvalue weighted by Crippen LogP contribution is -2.39. The Morgan fingerprint density at radius 3 is 2.00 bits per heavy atom. The summed E-state index contributed by atoms with van der Waals surface area (Å²) < 4.78 is 0. The van der Waals surface area contributed by atoms with Gasteiger partial charge < -0.3 is 15.3 Å². The van der Waals surface area contributed by atoms with E-state index in [1.165, 1.54) is 0 Å². The summed E-state index contributed by atoms with van der Waals surface area (Å²) >= 11 is 0. The van der Waals surface area contributed by atoms with E-state index in [4.69, 9.17) is 0 Å². The fraction of sp³-hybridized carbons (Fsp3) is 0.857. The molecule has 5 nitrogen and oxygen atoms in total. The Labute approximate surface area is 116 Å². The first kappa shape index (κ1) is 17.9. The minimum absolute atomic E-state index is 0.0631. The van der Waals surface area contributed by atoms with E-state index in [0.717, 1.165) is 19.6 Å². The van der Waals surface area contributed by atoms with Gasteiger partial charge in [-0.1, -0.05) is 27.7 Å². The molecule has 0 aromatic rings. The van der Waals surface area contributed by atoms with Gasteiger partial charge in [-0.3, -0.25) is 9.59 Å². The van der Waals surface area contributed by atoms with Crippen molar-refractivity contribution in [3.05, 3.63) is 0 Å². The van der Waals surface area contributed by atoms with Crippen LogP contribution in [-0.4, -0.2) is 48.1 Å². The number of carbonyl (C=O) groups excluding carboxylic acids is 1. The van der Waals surface area contributed by atoms with Crippen molar-refractivity contribution in [1.82, 2.24) is 10.2 Å². The Morgan fingerprint density at radius 2 is 1.63 bits per heavy atom. The van der Waals surface area contributed by atoms with Gasteiger partial charge >= 0.3 is 5.97 Å². The zero-order valence-corrected chi connectivity index (χ0v) is 12.7. The molecule has 2 N–H and O–H groups in total. The summed E-state index contributed by atoms with van der Waals surface area (Å²) in [7, 11) is 0. The first-order valence-electron chi connectivity index (χ1n) is 7.18. The molecule has 0 radical (unpaired) electrons. The number of carboxylic acids is 1. The zero-order chi connectivity index (χ0) is 14.9. The first-order valence-corrected chi connectivity index (χ1v) is 7.18. The molecule has 0 aliphatic heterocycles. The van der Waals surface area contributed by atoms with E-state index in [1.807, 2.05) is 13.8 Å². The second-order valence-corrected chi connectivity index (χ2v) is 4.85. The Hall–Kier alpha value is -1.10. The second-order valence-electron chi connectivity index (χ2n) is 4.85. The molecule has 0 aliphatic rings. The molecule has 19 heavy (non-hydrogen) atoms. The lowest BCUT2D eigenvalue weighted by atomic mass is 9.79. The molecule has 0 spiro atoms. The van der Waals surface area contributed by atoms with Crippen molar-refractivity contribution in [2.45, 2.75) is 47.0 Å². The average molecular weight is 272 g/mol. The lowest BCUT2D eigenvalue weighted by Gasteiger charge is -2.26. The third kappa shape index (κ3) is 5.59. The number of carbonyl (C=O) groups is 2. The molecule has 0 rings (SSSR count). The Morgan fingerprint density at radius 1 is 1.11 bits per heavy atom. The topological polar surface area (TPSA) is 69.6 Å². The van der Waals surface area contributed by atoms with Crippen molar-refractivity contribution >= 4 is 11.9 Å². The van der Waals surface area contributed by atoms with E-state index in [2.05, 4.69) is 24.1 Å². The molecule has 0 aromatic heterocycles. The van der Waals surface area contributed by atoms with Gasteiger partial charge in [0.2, 0.25) is 5.91 Å². The molecule has 1 amide bonds. The van der Waals surface area contributed by atoms with Gasteiger partial charge in [-0.2, -0.15) is 0 Å². The highest BCUT2D eigenvalue weighted by atomic mass is 16.4. The van der Waals surface area contributed by atoms with Gasteiger partial charge in [0.05, 0.1) is 5.41 Å². The first-order chi connectivity index (χ1) is 8.95. The number of aliphatic carboxylic acids is 1. The van der Waals surface area contributed by atoms with Gasteiger partial charge in [0.1, 0.15) is 0 Å². The van der Waals surface area contributed by atoms with Gasteiger partial charge in [0.15, 0.2) is 0 Å². The molecule has 0 saturated carbocycles. The van der Waals surface area contributed by atoms with Crippen molar-refractivity contribution in [3.8, 4) is 0 Å². The van der Waals surface area contributed by atoms with Crippen molar-refractivity contribution in [2.24, 2.45) is 5.41 Å². The van der Waals surface area contributed by atoms with E-state index in [9.17, 15) is 14.7 Å². The van der Waals surface area contributed by atoms with Crippen molar-refractivity contribution < 1.29 is 14.7 Å². The van der Waals surface area contributed by atoms with Gasteiger partial charge in [-0.15, -0.1) is 0 Å².